The minimum absolute atomic E-state index is 0.0115. The van der Waals surface area contributed by atoms with Crippen LogP contribution in [0.15, 0.2) is 18.3 Å². The molecular weight excluding hydrogens is 231 g/mol. The molecule has 0 aliphatic carbocycles. The third-order valence-corrected chi connectivity index (χ3v) is 3.15. The highest BCUT2D eigenvalue weighted by atomic mass is 19.1. The summed E-state index contributed by atoms with van der Waals surface area (Å²) >= 11 is 0. The lowest BCUT2D eigenvalue weighted by Gasteiger charge is -2.06. The quantitative estimate of drug-likeness (QED) is 0.632. The van der Waals surface area contributed by atoms with Crippen molar-refractivity contribution in [2.24, 2.45) is 0 Å². The molecule has 94 valence electrons. The maximum Gasteiger partial charge on any atom is 0.212 e. The molecule has 0 atom stereocenters. The highest BCUT2D eigenvalue weighted by molar-refractivity contribution is 6.09. The Bertz CT molecular complexity index is 629. The van der Waals surface area contributed by atoms with E-state index in [9.17, 15) is 9.18 Å². The van der Waals surface area contributed by atoms with Gasteiger partial charge in [-0.15, -0.1) is 0 Å². The molecule has 1 heterocycles. The lowest BCUT2D eigenvalue weighted by Crippen LogP contribution is -2.08. The van der Waals surface area contributed by atoms with Gasteiger partial charge >= 0.3 is 0 Å². The van der Waals surface area contributed by atoms with Crippen molar-refractivity contribution < 1.29 is 9.18 Å². The van der Waals surface area contributed by atoms with Gasteiger partial charge in [-0.2, -0.15) is 0 Å². The van der Waals surface area contributed by atoms with E-state index < -0.39 is 5.82 Å². The van der Waals surface area contributed by atoms with Crippen LogP contribution in [-0.4, -0.2) is 10.8 Å². The van der Waals surface area contributed by atoms with E-state index in [1.54, 1.807) is 13.1 Å². The maximum absolute atomic E-state index is 14.0. The summed E-state index contributed by atoms with van der Waals surface area (Å²) in [5, 5.41) is 0. The van der Waals surface area contributed by atoms with Crippen LogP contribution in [0, 0.1) is 26.6 Å². The summed E-state index contributed by atoms with van der Waals surface area (Å²) in [5.74, 6) is -0.880. The number of ketones is 1. The zero-order valence-electron chi connectivity index (χ0n) is 10.6. The average Bonchev–Trinajstić information content (AvgIpc) is 2.64. The van der Waals surface area contributed by atoms with Crippen LogP contribution >= 0.6 is 0 Å². The van der Waals surface area contributed by atoms with Crippen molar-refractivity contribution in [3.8, 4) is 0 Å². The molecule has 0 amide bonds. The van der Waals surface area contributed by atoms with Gasteiger partial charge in [0.1, 0.15) is 5.82 Å². The Kier molecular flexibility index (Phi) is 2.95. The lowest BCUT2D eigenvalue weighted by atomic mass is 10.0. The SMILES string of the molecule is Cc1c[nH]c(C(=O)c2cc(N)cc(C)c2F)c1C. The van der Waals surface area contributed by atoms with Gasteiger partial charge in [0, 0.05) is 11.9 Å². The fraction of sp³-hybridized carbons (Fsp3) is 0.214. The minimum atomic E-state index is -0.513. The van der Waals surface area contributed by atoms with Crippen LogP contribution in [0.2, 0.25) is 0 Å². The van der Waals surface area contributed by atoms with Crippen LogP contribution in [0.4, 0.5) is 10.1 Å². The zero-order valence-corrected chi connectivity index (χ0v) is 10.6. The van der Waals surface area contributed by atoms with Crippen molar-refractivity contribution in [2.75, 3.05) is 5.73 Å². The highest BCUT2D eigenvalue weighted by Gasteiger charge is 2.19. The molecule has 1 aromatic carbocycles. The summed E-state index contributed by atoms with van der Waals surface area (Å²) in [7, 11) is 0. The molecule has 3 nitrogen and oxygen atoms in total. The van der Waals surface area contributed by atoms with Crippen LogP contribution in [0.25, 0.3) is 0 Å². The van der Waals surface area contributed by atoms with Gasteiger partial charge in [-0.3, -0.25) is 4.79 Å². The largest absolute Gasteiger partial charge is 0.399 e. The van der Waals surface area contributed by atoms with Crippen molar-refractivity contribution in [3.63, 3.8) is 0 Å². The van der Waals surface area contributed by atoms with E-state index in [-0.39, 0.29) is 11.3 Å². The molecule has 1 aromatic heterocycles. The van der Waals surface area contributed by atoms with E-state index in [4.69, 9.17) is 5.73 Å². The van der Waals surface area contributed by atoms with Gasteiger partial charge in [-0.25, -0.2) is 4.39 Å². The molecule has 0 aliphatic heterocycles. The number of aromatic nitrogens is 1. The van der Waals surface area contributed by atoms with Crippen molar-refractivity contribution >= 4 is 11.5 Å². The Morgan fingerprint density at radius 2 is 1.89 bits per heavy atom. The number of aromatic amines is 1. The normalized spacial score (nSPS) is 10.7. The Balaban J connectivity index is 2.56. The van der Waals surface area contributed by atoms with Crippen molar-refractivity contribution in [1.82, 2.24) is 4.98 Å². The van der Waals surface area contributed by atoms with Crippen molar-refractivity contribution in [2.45, 2.75) is 20.8 Å². The van der Waals surface area contributed by atoms with Gasteiger partial charge in [0.25, 0.3) is 0 Å². The molecule has 0 spiro atoms. The molecule has 0 aliphatic rings. The van der Waals surface area contributed by atoms with E-state index in [1.807, 2.05) is 13.8 Å². The number of anilines is 1. The number of halogens is 1. The van der Waals surface area contributed by atoms with Crippen LogP contribution in [0.5, 0.6) is 0 Å². The smallest absolute Gasteiger partial charge is 0.212 e. The van der Waals surface area contributed by atoms with Crippen LogP contribution < -0.4 is 5.73 Å². The summed E-state index contributed by atoms with van der Waals surface area (Å²) in [6, 6.07) is 2.89. The fourth-order valence-corrected chi connectivity index (χ4v) is 1.93. The molecule has 2 aromatic rings. The number of carbonyl (C=O) groups excluding carboxylic acids is 1. The van der Waals surface area contributed by atoms with Gasteiger partial charge in [0.15, 0.2) is 0 Å². The molecule has 0 radical (unpaired) electrons. The number of nitrogen functional groups attached to an aromatic ring is 1. The van der Waals surface area contributed by atoms with Crippen molar-refractivity contribution in [1.29, 1.82) is 0 Å². The first-order valence-corrected chi connectivity index (χ1v) is 5.66. The predicted molar refractivity (Wildman–Crippen MR) is 69.2 cm³/mol. The number of nitrogens with two attached hydrogens (primary N) is 1. The summed E-state index contributed by atoms with van der Waals surface area (Å²) in [5.41, 5.74) is 8.65. The molecule has 4 heteroatoms. The molecule has 0 fully saturated rings. The number of hydrogen-bond donors (Lipinski definition) is 2. The standard InChI is InChI=1S/C14H15FN2O/c1-7-4-10(16)5-11(12(7)15)14(18)13-9(3)8(2)6-17-13/h4-6,17H,16H2,1-3H3. The Morgan fingerprint density at radius 1 is 1.22 bits per heavy atom. The molecule has 0 saturated carbocycles. The van der Waals surface area contributed by atoms with Gasteiger partial charge in [-0.05, 0) is 49.6 Å². The minimum Gasteiger partial charge on any atom is -0.399 e. The second kappa shape index (κ2) is 4.29. The third-order valence-electron chi connectivity index (χ3n) is 3.15. The van der Waals surface area contributed by atoms with Crippen LogP contribution in [0.3, 0.4) is 0 Å². The Labute approximate surface area is 105 Å². The van der Waals surface area contributed by atoms with Gasteiger partial charge in [0.05, 0.1) is 11.3 Å². The molecular formula is C14H15FN2O. The van der Waals surface area contributed by atoms with E-state index in [2.05, 4.69) is 4.98 Å². The van der Waals surface area contributed by atoms with Crippen LogP contribution in [0.1, 0.15) is 32.7 Å². The van der Waals surface area contributed by atoms with Gasteiger partial charge in [-0.1, -0.05) is 0 Å². The second-order valence-corrected chi connectivity index (χ2v) is 4.50. The number of nitrogens with one attached hydrogen (secondary N) is 1. The first-order chi connectivity index (χ1) is 8.41. The molecule has 0 bridgehead atoms. The van der Waals surface area contributed by atoms with E-state index >= 15 is 0 Å². The molecule has 0 unspecified atom stereocenters. The summed E-state index contributed by atoms with van der Waals surface area (Å²) in [4.78, 5) is 15.2. The predicted octanol–water partition coefficient (Wildman–Crippen LogP) is 2.89. The third kappa shape index (κ3) is 1.90. The number of carbonyl (C=O) groups is 1. The topological polar surface area (TPSA) is 58.9 Å². The van der Waals surface area contributed by atoms with Gasteiger partial charge in [0.2, 0.25) is 5.78 Å². The first-order valence-electron chi connectivity index (χ1n) is 5.66. The van der Waals surface area contributed by atoms with Crippen LogP contribution in [-0.2, 0) is 0 Å². The van der Waals surface area contributed by atoms with Gasteiger partial charge < -0.3 is 10.7 Å². The summed E-state index contributed by atoms with van der Waals surface area (Å²) in [6.45, 7) is 5.31. The fourth-order valence-electron chi connectivity index (χ4n) is 1.93. The number of aryl methyl sites for hydroxylation is 2. The number of benzene rings is 1. The zero-order chi connectivity index (χ0) is 13.4. The monoisotopic (exact) mass is 246 g/mol. The summed E-state index contributed by atoms with van der Waals surface area (Å²) < 4.78 is 14.0. The highest BCUT2D eigenvalue weighted by Crippen LogP contribution is 2.22. The number of rotatable bonds is 2. The number of H-pyrrole nitrogens is 1. The van der Waals surface area contributed by atoms with E-state index in [0.717, 1.165) is 11.1 Å². The molecule has 2 rings (SSSR count). The van der Waals surface area contributed by atoms with E-state index in [0.29, 0.717) is 16.9 Å². The average molecular weight is 246 g/mol. The maximum atomic E-state index is 14.0. The Morgan fingerprint density at radius 3 is 2.44 bits per heavy atom. The Hall–Kier alpha value is -2.10. The molecule has 3 N–H and O–H groups in total. The lowest BCUT2D eigenvalue weighted by molar-refractivity contribution is 0.103. The summed E-state index contributed by atoms with van der Waals surface area (Å²) in [6.07, 6.45) is 1.74. The first kappa shape index (κ1) is 12.4. The second-order valence-electron chi connectivity index (χ2n) is 4.50. The van der Waals surface area contributed by atoms with Crippen molar-refractivity contribution in [3.05, 3.63) is 52.1 Å². The molecule has 18 heavy (non-hydrogen) atoms. The number of hydrogen-bond acceptors (Lipinski definition) is 2. The molecule has 0 saturated heterocycles. The van der Waals surface area contributed by atoms with E-state index in [1.165, 1.54) is 12.1 Å².